The molecule has 4 N–H and O–H groups in total. The molecule has 0 bridgehead atoms. The maximum Gasteiger partial charge on any atom is 1.00 e. The molecule has 5 aromatic rings. The fourth-order valence-electron chi connectivity index (χ4n) is 5.58. The smallest absolute Gasteiger partial charge is 0.744 e. The third kappa shape index (κ3) is 14.3. The molecule has 1 aliphatic carbocycles. The van der Waals surface area contributed by atoms with Crippen molar-refractivity contribution in [2.24, 2.45) is 15.3 Å². The van der Waals surface area contributed by atoms with Crippen LogP contribution in [0.25, 0.3) is 16.8 Å². The van der Waals surface area contributed by atoms with Gasteiger partial charge < -0.3 is 33.8 Å². The number of aromatic nitrogens is 3. The van der Waals surface area contributed by atoms with Crippen LogP contribution >= 0.6 is 23.2 Å². The second-order valence-electron chi connectivity index (χ2n) is 11.8. The van der Waals surface area contributed by atoms with Crippen molar-refractivity contribution in [3.63, 3.8) is 0 Å². The number of nitrogens with one attached hydrogen (secondary N) is 2. The van der Waals surface area contributed by atoms with Crippen LogP contribution in [0.5, 0.6) is 0 Å². The van der Waals surface area contributed by atoms with Gasteiger partial charge in [0, 0.05) is 16.5 Å². The molecule has 1 aromatic heterocycles. The molecule has 25 nitrogen and oxygen atoms in total. The molecular formula is C29H14Cl2N9Na5O16S5. The summed E-state index contributed by atoms with van der Waals surface area (Å²) in [5.41, 5.74) is 0.833. The molecule has 0 saturated carbocycles. The van der Waals surface area contributed by atoms with E-state index in [2.05, 4.69) is 35.6 Å². The van der Waals surface area contributed by atoms with Crippen LogP contribution in [-0.2, 0) is 50.6 Å². The van der Waals surface area contributed by atoms with E-state index in [1.807, 2.05) is 5.43 Å². The van der Waals surface area contributed by atoms with Gasteiger partial charge in [-0.05, 0) is 71.2 Å². The number of Topliss-reactive ketones (excluding diaryl/α,β-unsaturated/α-hetero) is 1. The van der Waals surface area contributed by atoms with E-state index in [0.717, 1.165) is 42.5 Å². The number of hydrazone groups is 1. The number of hydrogen-bond acceptors (Lipinski definition) is 25. The largest absolute Gasteiger partial charge is 1.00 e. The van der Waals surface area contributed by atoms with E-state index in [-0.39, 0.29) is 170 Å². The number of hydrogen-bond donors (Lipinski definition) is 3. The molecule has 0 amide bonds. The molecule has 0 unspecified atom stereocenters. The van der Waals surface area contributed by atoms with Crippen LogP contribution < -0.4 is 164 Å². The first-order valence-corrected chi connectivity index (χ1v) is 23.2. The van der Waals surface area contributed by atoms with E-state index in [1.165, 1.54) is 0 Å². The van der Waals surface area contributed by atoms with Crippen LogP contribution in [0.2, 0.25) is 10.6 Å². The standard InChI is InChI=1S/C29H19Cl2N9O16S5.5Na/c30-27-34-28(31)36-29(35-27)33-12-4-7-18(58(45,46)47)16(10-12)38-40-24-20(60(51,52)53)9-11-8-19(59(48,49)50)23(22(32)21(11)25(24)41)39-37-15-6-5-13-14(26(15)61(54,55)56)2-1-3-17(13)57(42,43)44;;;;;/h1-10,38H,32H2,(H,42,43,44)(H,45,46,47)(H,48,49,50)(H,51,52,53)(H,54,55,56)(H,33,34,35,36);;;;;/q;5*+1/p-5. The quantitative estimate of drug-likeness (QED) is 0.0363. The Kier molecular flexibility index (Phi) is 22.8. The Labute approximate surface area is 493 Å². The minimum atomic E-state index is -5.79. The van der Waals surface area contributed by atoms with Gasteiger partial charge in [-0.15, -0.1) is 10.2 Å². The zero-order chi connectivity index (χ0) is 45.2. The second-order valence-corrected chi connectivity index (χ2v) is 19.2. The monoisotopic (exact) mass is 1090 g/mol. The number of halogens is 2. The van der Waals surface area contributed by atoms with Crippen molar-refractivity contribution in [1.29, 1.82) is 0 Å². The zero-order valence-corrected chi connectivity index (χ0v) is 49.5. The molecule has 6 rings (SSSR count). The van der Waals surface area contributed by atoms with Crippen molar-refractivity contribution < 1.29 is 217 Å². The number of ketones is 1. The van der Waals surface area contributed by atoms with Gasteiger partial charge in [0.1, 0.15) is 67.7 Å². The van der Waals surface area contributed by atoms with Gasteiger partial charge in [-0.2, -0.15) is 20.1 Å². The first kappa shape index (κ1) is 63.4. The van der Waals surface area contributed by atoms with Crippen LogP contribution in [0.4, 0.5) is 34.4 Å². The van der Waals surface area contributed by atoms with Crippen molar-refractivity contribution in [3.05, 3.63) is 81.2 Å². The number of fused-ring (bicyclic) bond motifs is 2. The van der Waals surface area contributed by atoms with Gasteiger partial charge in [0.15, 0.2) is 0 Å². The Bertz CT molecular complexity index is 3460. The van der Waals surface area contributed by atoms with Crippen LogP contribution in [0, 0.1) is 0 Å². The van der Waals surface area contributed by atoms with Crippen LogP contribution in [0.1, 0.15) is 15.9 Å². The van der Waals surface area contributed by atoms with Gasteiger partial charge in [-0.25, -0.2) is 42.1 Å². The molecule has 1 aliphatic rings. The van der Waals surface area contributed by atoms with Crippen LogP contribution in [-0.4, -0.2) is 91.3 Å². The third-order valence-corrected chi connectivity index (χ3v) is 12.7. The van der Waals surface area contributed by atoms with Gasteiger partial charge in [-0.3, -0.25) is 10.2 Å². The van der Waals surface area contributed by atoms with E-state index in [1.54, 1.807) is 0 Å². The fourth-order valence-corrected chi connectivity index (χ4v) is 9.36. The molecule has 0 radical (unpaired) electrons. The van der Waals surface area contributed by atoms with Crippen molar-refractivity contribution in [2.75, 3.05) is 16.5 Å². The number of carbonyl (C=O) groups is 1. The Balaban J connectivity index is 0.00000436. The Morgan fingerprint density at radius 3 is 1.73 bits per heavy atom. The summed E-state index contributed by atoms with van der Waals surface area (Å²) in [4.78, 5) is 18.7. The summed E-state index contributed by atoms with van der Waals surface area (Å²) < 4.78 is 184. The van der Waals surface area contributed by atoms with Crippen molar-refractivity contribution >= 4 is 137 Å². The molecule has 0 saturated heterocycles. The SMILES string of the molecule is Nc1c(N=Nc2ccc3c(S(=O)(=O)[O-])cccc3c2S(=O)(=O)[O-])c(S(=O)(=O)[O-])cc2c1C(=O)C(=NNc1cc(Nc3nc(Cl)nc(Cl)n3)ccc1S(=O)(=O)[O-])C(S(=O)(=O)[O-])=C2.[Na+].[Na+].[Na+].[Na+].[Na+]. The summed E-state index contributed by atoms with van der Waals surface area (Å²) in [5.74, 6) is -1.95. The summed E-state index contributed by atoms with van der Waals surface area (Å²) in [5, 5.41) is 11.2. The van der Waals surface area contributed by atoms with Crippen molar-refractivity contribution in [1.82, 2.24) is 15.0 Å². The average Bonchev–Trinajstić information content (AvgIpc) is 3.10. The number of azo groups is 1. The molecule has 37 heteroatoms. The topological polar surface area (TPSA) is 429 Å². The summed E-state index contributed by atoms with van der Waals surface area (Å²) in [7, 11) is -27.8. The molecule has 0 atom stereocenters. The van der Waals surface area contributed by atoms with Gasteiger partial charge in [0.25, 0.3) is 0 Å². The van der Waals surface area contributed by atoms with Gasteiger partial charge in [-0.1, -0.05) is 18.2 Å². The molecule has 0 spiro atoms. The molecule has 4 aromatic carbocycles. The fraction of sp³-hybridized carbons (Fsp3) is 0. The molecular weight excluding hydrogens is 1080 g/mol. The minimum absolute atomic E-state index is 0. The Hall–Kier alpha value is -0.640. The number of carbonyl (C=O) groups excluding carboxylic acids is 1. The van der Waals surface area contributed by atoms with Gasteiger partial charge >= 0.3 is 148 Å². The number of anilines is 4. The number of rotatable bonds is 11. The number of allylic oxidation sites excluding steroid dienone is 1. The molecule has 1 heterocycles. The van der Waals surface area contributed by atoms with Crippen molar-refractivity contribution in [2.45, 2.75) is 19.6 Å². The van der Waals surface area contributed by atoms with Crippen molar-refractivity contribution in [3.8, 4) is 0 Å². The molecule has 0 fully saturated rings. The third-order valence-electron chi connectivity index (χ3n) is 7.94. The zero-order valence-electron chi connectivity index (χ0n) is 33.9. The maximum atomic E-state index is 14.0. The average molecular weight is 1090 g/mol. The second kappa shape index (κ2) is 23.7. The first-order valence-electron chi connectivity index (χ1n) is 15.4. The number of nitrogens with zero attached hydrogens (tertiary/aromatic N) is 6. The predicted octanol–water partition coefficient (Wildman–Crippen LogP) is -12.7. The van der Waals surface area contributed by atoms with Gasteiger partial charge in [0.2, 0.25) is 22.3 Å². The minimum Gasteiger partial charge on any atom is -0.744 e. The van der Waals surface area contributed by atoms with E-state index in [4.69, 9.17) is 28.9 Å². The van der Waals surface area contributed by atoms with E-state index >= 15 is 0 Å². The summed E-state index contributed by atoms with van der Waals surface area (Å²) in [6.45, 7) is 0. The maximum absolute atomic E-state index is 14.0. The van der Waals surface area contributed by atoms with Crippen LogP contribution in [0.3, 0.4) is 0 Å². The molecule has 320 valence electrons. The summed E-state index contributed by atoms with van der Waals surface area (Å²) in [6.07, 6.45) is 0.357. The van der Waals surface area contributed by atoms with Gasteiger partial charge in [0.05, 0.1) is 41.4 Å². The summed E-state index contributed by atoms with van der Waals surface area (Å²) >= 11 is 11.5. The van der Waals surface area contributed by atoms with E-state index < -0.39 is 131 Å². The van der Waals surface area contributed by atoms with Crippen LogP contribution in [0.15, 0.2) is 94.4 Å². The van der Waals surface area contributed by atoms with E-state index in [9.17, 15) is 69.6 Å². The normalized spacial score (nSPS) is 13.5. The molecule has 66 heavy (non-hydrogen) atoms. The number of nitrogen functional groups attached to an aromatic ring is 1. The summed E-state index contributed by atoms with van der Waals surface area (Å²) in [6, 6.07) is 7.09. The predicted molar refractivity (Wildman–Crippen MR) is 203 cm³/mol. The Morgan fingerprint density at radius 2 is 1.20 bits per heavy atom. The first-order chi connectivity index (χ1) is 28.1. The number of benzene rings is 4. The number of nitrogens with two attached hydrogens (primary N) is 1. The molecule has 0 aliphatic heterocycles. The van der Waals surface area contributed by atoms with E-state index in [0.29, 0.717) is 18.2 Å². The Morgan fingerprint density at radius 1 is 0.621 bits per heavy atom.